The number of nitriles is 1. The van der Waals surface area contributed by atoms with E-state index in [0.29, 0.717) is 11.3 Å². The van der Waals surface area contributed by atoms with Crippen molar-refractivity contribution in [2.45, 2.75) is 0 Å². The fraction of sp³-hybridized carbons (Fsp3) is 0. The molecule has 2 rings (SSSR count). The monoisotopic (exact) mass is 232 g/mol. The van der Waals surface area contributed by atoms with Gasteiger partial charge in [0.1, 0.15) is 11.9 Å². The summed E-state index contributed by atoms with van der Waals surface area (Å²) in [6.45, 7) is 0. The number of ether oxygens (including phenoxy) is 1. The molecule has 0 aliphatic heterocycles. The summed E-state index contributed by atoms with van der Waals surface area (Å²) in [6.07, 6.45) is 1.35. The first-order valence-corrected chi connectivity index (χ1v) is 4.69. The molecule has 0 aliphatic rings. The van der Waals surface area contributed by atoms with Crippen LogP contribution in [0.25, 0.3) is 0 Å². The zero-order valence-electron chi connectivity index (χ0n) is 7.96. The maximum absolute atomic E-state index is 8.62. The van der Waals surface area contributed by atoms with Gasteiger partial charge in [-0.1, -0.05) is 0 Å². The number of hydrogen-bond acceptors (Lipinski definition) is 5. The first-order chi connectivity index (χ1) is 7.78. The third-order valence-electron chi connectivity index (χ3n) is 1.72. The van der Waals surface area contributed by atoms with Crippen molar-refractivity contribution in [1.82, 2.24) is 15.2 Å². The number of benzene rings is 1. The molecule has 0 saturated heterocycles. The number of aromatic nitrogens is 3. The smallest absolute Gasteiger partial charge is 0.246 e. The van der Waals surface area contributed by atoms with Crippen molar-refractivity contribution >= 4 is 11.6 Å². The molecule has 0 atom stereocenters. The Balaban J connectivity index is 2.18. The second-order valence-corrected chi connectivity index (χ2v) is 3.14. The first-order valence-electron chi connectivity index (χ1n) is 4.31. The molecule has 5 nitrogen and oxygen atoms in total. The van der Waals surface area contributed by atoms with Crippen LogP contribution in [-0.4, -0.2) is 15.2 Å². The van der Waals surface area contributed by atoms with Crippen LogP contribution < -0.4 is 4.74 Å². The van der Waals surface area contributed by atoms with E-state index in [-0.39, 0.29) is 11.2 Å². The largest absolute Gasteiger partial charge is 0.437 e. The lowest BCUT2D eigenvalue weighted by Gasteiger charge is -2.02. The van der Waals surface area contributed by atoms with Crippen LogP contribution in [-0.2, 0) is 0 Å². The lowest BCUT2D eigenvalue weighted by Crippen LogP contribution is -1.92. The Morgan fingerprint density at radius 1 is 1.25 bits per heavy atom. The molecule has 2 aromatic rings. The van der Waals surface area contributed by atoms with Gasteiger partial charge in [0, 0.05) is 0 Å². The van der Waals surface area contributed by atoms with Gasteiger partial charge < -0.3 is 4.74 Å². The van der Waals surface area contributed by atoms with Crippen molar-refractivity contribution in [1.29, 1.82) is 5.26 Å². The molecule has 0 fully saturated rings. The number of rotatable bonds is 2. The second kappa shape index (κ2) is 4.55. The van der Waals surface area contributed by atoms with Gasteiger partial charge in [-0.25, -0.2) is 0 Å². The molecule has 1 aromatic heterocycles. The average Bonchev–Trinajstić information content (AvgIpc) is 2.30. The van der Waals surface area contributed by atoms with Gasteiger partial charge in [-0.2, -0.15) is 15.3 Å². The molecule has 0 aliphatic carbocycles. The zero-order chi connectivity index (χ0) is 11.4. The van der Waals surface area contributed by atoms with Crippen LogP contribution in [0.3, 0.4) is 0 Å². The second-order valence-electron chi connectivity index (χ2n) is 2.80. The van der Waals surface area contributed by atoms with E-state index < -0.39 is 0 Å². The van der Waals surface area contributed by atoms with Gasteiger partial charge in [0.25, 0.3) is 0 Å². The summed E-state index contributed by atoms with van der Waals surface area (Å²) in [5, 5.41) is 15.7. The van der Waals surface area contributed by atoms with Crippen LogP contribution in [0.15, 0.2) is 30.5 Å². The van der Waals surface area contributed by atoms with E-state index in [0.717, 1.165) is 0 Å². The van der Waals surface area contributed by atoms with E-state index in [1.165, 1.54) is 6.20 Å². The number of halogens is 1. The molecular formula is C10H5ClN4O. The minimum Gasteiger partial charge on any atom is -0.437 e. The number of hydrogen-bond donors (Lipinski definition) is 0. The highest BCUT2D eigenvalue weighted by molar-refractivity contribution is 6.28. The van der Waals surface area contributed by atoms with E-state index in [9.17, 15) is 0 Å². The minimum absolute atomic E-state index is 0.0196. The van der Waals surface area contributed by atoms with Gasteiger partial charge >= 0.3 is 0 Å². The Morgan fingerprint density at radius 2 is 2.00 bits per heavy atom. The Labute approximate surface area is 96.3 Å². The molecule has 16 heavy (non-hydrogen) atoms. The van der Waals surface area contributed by atoms with Crippen LogP contribution in [0.2, 0.25) is 5.28 Å². The molecule has 0 unspecified atom stereocenters. The summed E-state index contributed by atoms with van der Waals surface area (Å²) in [5.74, 6) is 0.806. The highest BCUT2D eigenvalue weighted by atomic mass is 35.5. The highest BCUT2D eigenvalue weighted by Gasteiger charge is 2.01. The van der Waals surface area contributed by atoms with E-state index in [1.807, 2.05) is 6.07 Å². The minimum atomic E-state index is 0.0196. The lowest BCUT2D eigenvalue weighted by molar-refractivity contribution is 0.457. The maximum Gasteiger partial charge on any atom is 0.246 e. The molecule has 6 heteroatoms. The van der Waals surface area contributed by atoms with Crippen LogP contribution in [0, 0.1) is 11.3 Å². The van der Waals surface area contributed by atoms with Crippen molar-refractivity contribution in [3.8, 4) is 17.7 Å². The first kappa shape index (κ1) is 10.3. The number of nitrogens with zero attached hydrogens (tertiary/aromatic N) is 4. The molecule has 0 N–H and O–H groups in total. The normalized spacial score (nSPS) is 9.50. The highest BCUT2D eigenvalue weighted by Crippen LogP contribution is 2.19. The third-order valence-corrected chi connectivity index (χ3v) is 1.88. The lowest BCUT2D eigenvalue weighted by atomic mass is 10.2. The maximum atomic E-state index is 8.62. The molecular weight excluding hydrogens is 228 g/mol. The molecule has 0 spiro atoms. The van der Waals surface area contributed by atoms with E-state index >= 15 is 0 Å². The summed E-state index contributed by atoms with van der Waals surface area (Å²) in [4.78, 5) is 3.82. The summed E-state index contributed by atoms with van der Waals surface area (Å²) >= 11 is 5.55. The van der Waals surface area contributed by atoms with Crippen molar-refractivity contribution < 1.29 is 4.74 Å². The molecule has 0 radical (unpaired) electrons. The Kier molecular flexibility index (Phi) is 2.94. The van der Waals surface area contributed by atoms with E-state index in [2.05, 4.69) is 15.2 Å². The van der Waals surface area contributed by atoms with Crippen molar-refractivity contribution in [3.05, 3.63) is 41.3 Å². The van der Waals surface area contributed by atoms with Crippen molar-refractivity contribution in [2.75, 3.05) is 0 Å². The van der Waals surface area contributed by atoms with Crippen molar-refractivity contribution in [2.24, 2.45) is 0 Å². The SMILES string of the molecule is N#Cc1ccc(Oc2cnnc(Cl)n2)cc1. The predicted octanol–water partition coefficient (Wildman–Crippen LogP) is 2.19. The van der Waals surface area contributed by atoms with Crippen molar-refractivity contribution in [3.63, 3.8) is 0 Å². The molecule has 78 valence electrons. The predicted molar refractivity (Wildman–Crippen MR) is 56.1 cm³/mol. The topological polar surface area (TPSA) is 71.7 Å². The Hall–Kier alpha value is -2.19. The van der Waals surface area contributed by atoms with Gasteiger partial charge in [-0.15, -0.1) is 5.10 Å². The Bertz CT molecular complexity index is 535. The van der Waals surface area contributed by atoms with E-state index in [1.54, 1.807) is 24.3 Å². The summed E-state index contributed by atoms with van der Waals surface area (Å²) in [6, 6.07) is 8.62. The summed E-state index contributed by atoms with van der Waals surface area (Å²) < 4.78 is 5.35. The van der Waals surface area contributed by atoms with Crippen LogP contribution in [0.4, 0.5) is 0 Å². The zero-order valence-corrected chi connectivity index (χ0v) is 8.72. The van der Waals surface area contributed by atoms with Gasteiger partial charge in [0.05, 0.1) is 11.6 Å². The average molecular weight is 233 g/mol. The van der Waals surface area contributed by atoms with Gasteiger partial charge in [-0.3, -0.25) is 0 Å². The van der Waals surface area contributed by atoms with E-state index in [4.69, 9.17) is 21.6 Å². The summed E-state index contributed by atoms with van der Waals surface area (Å²) in [5.41, 5.74) is 0.561. The molecule has 0 saturated carbocycles. The van der Waals surface area contributed by atoms with Gasteiger partial charge in [0.15, 0.2) is 0 Å². The van der Waals surface area contributed by atoms with Crippen LogP contribution in [0.1, 0.15) is 5.56 Å². The molecule has 1 heterocycles. The fourth-order valence-electron chi connectivity index (χ4n) is 1.04. The van der Waals surface area contributed by atoms with Gasteiger partial charge in [0.2, 0.25) is 11.2 Å². The van der Waals surface area contributed by atoms with Crippen LogP contribution in [0.5, 0.6) is 11.6 Å². The quantitative estimate of drug-likeness (QED) is 0.794. The third kappa shape index (κ3) is 2.43. The molecule has 0 bridgehead atoms. The molecule has 1 aromatic carbocycles. The molecule has 0 amide bonds. The standard InChI is InChI=1S/C10H5ClN4O/c11-10-14-9(6-13-15-10)16-8-3-1-7(5-12)2-4-8/h1-4,6H. The van der Waals surface area contributed by atoms with Crippen LogP contribution >= 0.6 is 11.6 Å². The fourth-order valence-corrected chi connectivity index (χ4v) is 1.16. The van der Waals surface area contributed by atoms with Gasteiger partial charge in [-0.05, 0) is 35.9 Å². The summed E-state index contributed by atoms with van der Waals surface area (Å²) in [7, 11) is 0. The Morgan fingerprint density at radius 3 is 2.62 bits per heavy atom.